The number of aryl methyl sites for hydroxylation is 2. The number of benzene rings is 1. The molecule has 0 fully saturated rings. The molecule has 1 unspecified atom stereocenters. The molecule has 7 heteroatoms. The van der Waals surface area contributed by atoms with Crippen molar-refractivity contribution in [3.05, 3.63) is 76.6 Å². The van der Waals surface area contributed by atoms with Crippen molar-refractivity contribution in [1.29, 1.82) is 0 Å². The molecule has 1 N–H and O–H groups in total. The van der Waals surface area contributed by atoms with E-state index in [0.717, 1.165) is 76.9 Å². The molecule has 0 bridgehead atoms. The number of unbranched alkanes of at least 4 members (excludes halogenated alkanes) is 1. The number of carbonyl (C=O) groups excluding carboxylic acids is 1. The number of pyridine rings is 1. The number of thiazole rings is 1. The topological polar surface area (TPSA) is 69.0 Å². The van der Waals surface area contributed by atoms with Crippen LogP contribution in [0.4, 0.5) is 0 Å². The van der Waals surface area contributed by atoms with E-state index < -0.39 is 0 Å². The van der Waals surface area contributed by atoms with Crippen LogP contribution in [0.3, 0.4) is 0 Å². The van der Waals surface area contributed by atoms with Gasteiger partial charge in [0.1, 0.15) is 10.8 Å². The van der Waals surface area contributed by atoms with E-state index in [2.05, 4.69) is 59.2 Å². The summed E-state index contributed by atoms with van der Waals surface area (Å²) in [6.07, 6.45) is 8.17. The van der Waals surface area contributed by atoms with Gasteiger partial charge in [0.15, 0.2) is 0 Å². The SMILES string of the molecule is CCCCC(CC)CNC(=O)c1cc(-c2csc(-c3ccnc(CC)c3)n2)n(CCc2ccc(OC)cc2)c1C. The first-order chi connectivity index (χ1) is 19.5. The maximum absolute atomic E-state index is 13.4. The second-order valence-corrected chi connectivity index (χ2v) is 11.2. The van der Waals surface area contributed by atoms with Gasteiger partial charge in [0, 0.05) is 41.6 Å². The van der Waals surface area contributed by atoms with Gasteiger partial charge in [0.2, 0.25) is 0 Å². The predicted octanol–water partition coefficient (Wildman–Crippen LogP) is 7.74. The van der Waals surface area contributed by atoms with Crippen molar-refractivity contribution < 1.29 is 9.53 Å². The summed E-state index contributed by atoms with van der Waals surface area (Å²) in [4.78, 5) is 22.9. The van der Waals surface area contributed by atoms with Crippen molar-refractivity contribution in [2.24, 2.45) is 5.92 Å². The van der Waals surface area contributed by atoms with Crippen molar-refractivity contribution in [2.75, 3.05) is 13.7 Å². The Labute approximate surface area is 242 Å². The fraction of sp³-hybridized carbons (Fsp3) is 0.424. The number of ether oxygens (including phenoxy) is 1. The Morgan fingerprint density at radius 2 is 1.93 bits per heavy atom. The Morgan fingerprint density at radius 1 is 1.12 bits per heavy atom. The lowest BCUT2D eigenvalue weighted by atomic mass is 9.99. The van der Waals surface area contributed by atoms with Crippen LogP contribution < -0.4 is 10.1 Å². The van der Waals surface area contributed by atoms with Crippen LogP contribution in [-0.2, 0) is 19.4 Å². The standard InChI is InChI=1S/C33H42N4O2S/c1-6-9-10-24(7-2)21-35-32(38)29-20-31(30-22-40-33(36-30)26-15-17-34-27(8-3)19-26)37(23(29)4)18-16-25-11-13-28(39-5)14-12-25/h11-15,17,19-20,22,24H,6-10,16,18,21H2,1-5H3,(H,35,38). The van der Waals surface area contributed by atoms with E-state index in [4.69, 9.17) is 9.72 Å². The van der Waals surface area contributed by atoms with Gasteiger partial charge < -0.3 is 14.6 Å². The highest BCUT2D eigenvalue weighted by atomic mass is 32.1. The smallest absolute Gasteiger partial charge is 0.253 e. The quantitative estimate of drug-likeness (QED) is 0.172. The van der Waals surface area contributed by atoms with Gasteiger partial charge in [-0.05, 0) is 68.0 Å². The highest BCUT2D eigenvalue weighted by molar-refractivity contribution is 7.13. The summed E-state index contributed by atoms with van der Waals surface area (Å²) < 4.78 is 7.57. The molecule has 0 saturated heterocycles. The van der Waals surface area contributed by atoms with Crippen LogP contribution >= 0.6 is 11.3 Å². The number of nitrogens with one attached hydrogen (secondary N) is 1. The summed E-state index contributed by atoms with van der Waals surface area (Å²) in [5.74, 6) is 1.35. The second kappa shape index (κ2) is 14.3. The lowest BCUT2D eigenvalue weighted by molar-refractivity contribution is 0.0945. The molecule has 3 aromatic heterocycles. The molecule has 0 spiro atoms. The minimum absolute atomic E-state index is 0.00549. The molecule has 212 valence electrons. The maximum atomic E-state index is 13.4. The Hall–Kier alpha value is -3.45. The molecule has 0 aliphatic heterocycles. The monoisotopic (exact) mass is 558 g/mol. The summed E-state index contributed by atoms with van der Waals surface area (Å²) in [5.41, 5.74) is 6.90. The predicted molar refractivity (Wildman–Crippen MR) is 165 cm³/mol. The summed E-state index contributed by atoms with van der Waals surface area (Å²) >= 11 is 1.63. The zero-order valence-electron chi connectivity index (χ0n) is 24.5. The molecule has 0 radical (unpaired) electrons. The van der Waals surface area contributed by atoms with Crippen LogP contribution in [0.2, 0.25) is 0 Å². The number of amides is 1. The van der Waals surface area contributed by atoms with Crippen LogP contribution in [0.15, 0.2) is 54.0 Å². The number of methoxy groups -OCH3 is 1. The Bertz CT molecular complexity index is 1390. The summed E-state index contributed by atoms with van der Waals surface area (Å²) in [6.45, 7) is 10.0. The first-order valence-corrected chi connectivity index (χ1v) is 15.4. The molecule has 40 heavy (non-hydrogen) atoms. The third-order valence-corrected chi connectivity index (χ3v) is 8.57. The Morgan fingerprint density at radius 3 is 2.62 bits per heavy atom. The average molecular weight is 559 g/mol. The lowest BCUT2D eigenvalue weighted by Crippen LogP contribution is -2.29. The zero-order valence-corrected chi connectivity index (χ0v) is 25.3. The minimum Gasteiger partial charge on any atom is -0.497 e. The van der Waals surface area contributed by atoms with Crippen LogP contribution in [0.25, 0.3) is 22.0 Å². The Kier molecular flexibility index (Phi) is 10.5. The van der Waals surface area contributed by atoms with E-state index in [1.807, 2.05) is 37.4 Å². The molecule has 1 atom stereocenters. The van der Waals surface area contributed by atoms with Gasteiger partial charge in [0.25, 0.3) is 5.91 Å². The number of aromatic nitrogens is 3. The van der Waals surface area contributed by atoms with E-state index in [0.29, 0.717) is 12.5 Å². The average Bonchev–Trinajstić information content (AvgIpc) is 3.61. The highest BCUT2D eigenvalue weighted by Gasteiger charge is 2.21. The first-order valence-electron chi connectivity index (χ1n) is 14.5. The first kappa shape index (κ1) is 29.5. The van der Waals surface area contributed by atoms with Crippen LogP contribution in [0, 0.1) is 12.8 Å². The van der Waals surface area contributed by atoms with Crippen LogP contribution in [-0.4, -0.2) is 34.1 Å². The van der Waals surface area contributed by atoms with E-state index in [1.165, 1.54) is 18.4 Å². The molecule has 1 aromatic carbocycles. The van der Waals surface area contributed by atoms with Crippen molar-refractivity contribution in [3.8, 4) is 27.7 Å². The van der Waals surface area contributed by atoms with Gasteiger partial charge in [-0.25, -0.2) is 4.98 Å². The van der Waals surface area contributed by atoms with Gasteiger partial charge in [-0.15, -0.1) is 11.3 Å². The largest absolute Gasteiger partial charge is 0.497 e. The summed E-state index contributed by atoms with van der Waals surface area (Å²) in [5, 5.41) is 6.29. The van der Waals surface area contributed by atoms with Gasteiger partial charge >= 0.3 is 0 Å². The molecule has 4 aromatic rings. The zero-order chi connectivity index (χ0) is 28.5. The van der Waals surface area contributed by atoms with Gasteiger partial charge in [-0.1, -0.05) is 52.2 Å². The van der Waals surface area contributed by atoms with E-state index in [1.54, 1.807) is 18.4 Å². The second-order valence-electron chi connectivity index (χ2n) is 10.3. The number of nitrogens with zero attached hydrogens (tertiary/aromatic N) is 3. The van der Waals surface area contributed by atoms with Crippen LogP contribution in [0.5, 0.6) is 5.75 Å². The molecule has 0 saturated carbocycles. The van der Waals surface area contributed by atoms with Gasteiger partial charge in [-0.2, -0.15) is 0 Å². The molecular weight excluding hydrogens is 516 g/mol. The highest BCUT2D eigenvalue weighted by Crippen LogP contribution is 2.32. The van der Waals surface area contributed by atoms with Gasteiger partial charge in [0.05, 0.1) is 24.1 Å². The number of hydrogen-bond donors (Lipinski definition) is 1. The third kappa shape index (κ3) is 7.19. The van der Waals surface area contributed by atoms with E-state index in [9.17, 15) is 4.79 Å². The number of rotatable bonds is 14. The molecular formula is C33H42N4O2S. The Balaban J connectivity index is 1.62. The molecule has 6 nitrogen and oxygen atoms in total. The number of hydrogen-bond acceptors (Lipinski definition) is 5. The van der Waals surface area contributed by atoms with Crippen molar-refractivity contribution in [3.63, 3.8) is 0 Å². The third-order valence-electron chi connectivity index (χ3n) is 7.68. The van der Waals surface area contributed by atoms with Crippen LogP contribution in [0.1, 0.15) is 73.8 Å². The van der Waals surface area contributed by atoms with Crippen molar-refractivity contribution >= 4 is 17.2 Å². The molecule has 3 heterocycles. The van der Waals surface area contributed by atoms with Crippen molar-refractivity contribution in [2.45, 2.75) is 72.8 Å². The van der Waals surface area contributed by atoms with E-state index in [-0.39, 0.29) is 5.91 Å². The normalized spacial score (nSPS) is 11.9. The fourth-order valence-electron chi connectivity index (χ4n) is 5.01. The molecule has 4 rings (SSSR count). The number of carbonyl (C=O) groups is 1. The lowest BCUT2D eigenvalue weighted by Gasteiger charge is -2.15. The van der Waals surface area contributed by atoms with Gasteiger partial charge in [-0.3, -0.25) is 9.78 Å². The minimum atomic E-state index is -0.00549. The summed E-state index contributed by atoms with van der Waals surface area (Å²) in [6, 6.07) is 14.3. The fourth-order valence-corrected chi connectivity index (χ4v) is 5.82. The van der Waals surface area contributed by atoms with Crippen molar-refractivity contribution in [1.82, 2.24) is 19.9 Å². The summed E-state index contributed by atoms with van der Waals surface area (Å²) in [7, 11) is 1.68. The molecule has 0 aliphatic carbocycles. The van der Waals surface area contributed by atoms with E-state index >= 15 is 0 Å². The molecule has 1 amide bonds. The molecule has 0 aliphatic rings. The maximum Gasteiger partial charge on any atom is 0.253 e.